The van der Waals surface area contributed by atoms with Crippen molar-refractivity contribution in [2.45, 2.75) is 30.0 Å². The maximum atomic E-state index is 3.80. The molecule has 0 heterocycles. The summed E-state index contributed by atoms with van der Waals surface area (Å²) in [7, 11) is 0. The van der Waals surface area contributed by atoms with Crippen LogP contribution in [0.4, 0.5) is 0 Å². The summed E-state index contributed by atoms with van der Waals surface area (Å²) in [6.45, 7) is 0. The summed E-state index contributed by atoms with van der Waals surface area (Å²) in [6, 6.07) is 14.3. The average Bonchev–Trinajstić information content (AvgIpc) is 3.43. The van der Waals surface area contributed by atoms with Gasteiger partial charge in [-0.3, -0.25) is 0 Å². The SMILES string of the molecule is BrCc1ccc2c(c1)C1(CC3C(C1)C1C4C5C=CC(C5)C4C31)c1cc(Br)ccc1-2. The van der Waals surface area contributed by atoms with Crippen LogP contribution in [-0.2, 0) is 10.7 Å². The van der Waals surface area contributed by atoms with Crippen LogP contribution in [0.1, 0.15) is 36.0 Å². The van der Waals surface area contributed by atoms with Gasteiger partial charge in [-0.15, -0.1) is 0 Å². The molecule has 4 saturated carbocycles. The van der Waals surface area contributed by atoms with E-state index in [0.29, 0.717) is 0 Å². The van der Waals surface area contributed by atoms with Crippen molar-refractivity contribution >= 4 is 31.9 Å². The quantitative estimate of drug-likeness (QED) is 0.280. The summed E-state index contributed by atoms with van der Waals surface area (Å²) in [6.07, 6.45) is 9.44. The Labute approximate surface area is 189 Å². The lowest BCUT2D eigenvalue weighted by molar-refractivity contribution is -0.196. The minimum Gasteiger partial charge on any atom is -0.0876 e. The first-order valence-corrected chi connectivity index (χ1v) is 13.3. The molecule has 0 radical (unpaired) electrons. The van der Waals surface area contributed by atoms with Gasteiger partial charge in [0.1, 0.15) is 0 Å². The fourth-order valence-corrected chi connectivity index (χ4v) is 10.1. The molecule has 0 saturated heterocycles. The minimum atomic E-state index is 0.264. The van der Waals surface area contributed by atoms with E-state index in [1.165, 1.54) is 40.4 Å². The van der Waals surface area contributed by atoms with E-state index in [-0.39, 0.29) is 5.41 Å². The molecule has 0 nitrogen and oxygen atoms in total. The smallest absolute Gasteiger partial charge is 0.0283 e. The van der Waals surface area contributed by atoms with Gasteiger partial charge in [0.05, 0.1) is 0 Å². The van der Waals surface area contributed by atoms with Crippen LogP contribution in [0.25, 0.3) is 11.1 Å². The lowest BCUT2D eigenvalue weighted by Crippen LogP contribution is -2.63. The molecule has 0 amide bonds. The molecule has 1 spiro atoms. The number of allylic oxidation sites excluding steroid dienone is 2. The number of hydrogen-bond acceptors (Lipinski definition) is 0. The number of fused-ring (bicyclic) bond motifs is 16. The van der Waals surface area contributed by atoms with E-state index in [9.17, 15) is 0 Å². The topological polar surface area (TPSA) is 0 Å². The standard InChI is InChI=1S/C27H24Br2/c28-12-13-1-5-17-18-6-4-16(29)9-22(18)27(21(17)7-13)10-19-20(11-27)26-24-15-3-2-14(8-15)23(24)25(19)26/h1-7,9,14-15,19-20,23-26H,8,10-12H2. The summed E-state index contributed by atoms with van der Waals surface area (Å²) < 4.78 is 1.24. The number of halogens is 2. The molecule has 2 heteroatoms. The average molecular weight is 508 g/mol. The van der Waals surface area contributed by atoms with E-state index in [1.807, 2.05) is 0 Å². The molecule has 0 aliphatic heterocycles. The van der Waals surface area contributed by atoms with Gasteiger partial charge in [0.2, 0.25) is 0 Å². The zero-order valence-corrected chi connectivity index (χ0v) is 19.5. The number of rotatable bonds is 1. The fourth-order valence-electron chi connectivity index (χ4n) is 9.42. The Balaban J connectivity index is 1.27. The highest BCUT2D eigenvalue weighted by atomic mass is 79.9. The van der Waals surface area contributed by atoms with Crippen molar-refractivity contribution in [2.24, 2.45) is 47.3 Å². The molecule has 8 unspecified atom stereocenters. The molecule has 0 aromatic heterocycles. The molecule has 146 valence electrons. The second-order valence-electron chi connectivity index (χ2n) is 10.8. The van der Waals surface area contributed by atoms with Crippen molar-refractivity contribution in [3.05, 3.63) is 69.7 Å². The predicted molar refractivity (Wildman–Crippen MR) is 124 cm³/mol. The second kappa shape index (κ2) is 5.30. The van der Waals surface area contributed by atoms with Gasteiger partial charge in [0.25, 0.3) is 0 Å². The Hall–Kier alpha value is -0.860. The first kappa shape index (κ1) is 16.8. The third-order valence-electron chi connectivity index (χ3n) is 10.2. The highest BCUT2D eigenvalue weighted by Crippen LogP contribution is 2.80. The van der Waals surface area contributed by atoms with Gasteiger partial charge in [-0.1, -0.05) is 68.3 Å². The Morgan fingerprint density at radius 1 is 0.793 bits per heavy atom. The van der Waals surface area contributed by atoms with Crippen molar-refractivity contribution in [3.63, 3.8) is 0 Å². The lowest BCUT2D eigenvalue weighted by atomic mass is 9.37. The Kier molecular flexibility index (Phi) is 3.07. The molecule has 6 aliphatic rings. The maximum Gasteiger partial charge on any atom is 0.0283 e. The zero-order chi connectivity index (χ0) is 19.1. The van der Waals surface area contributed by atoms with Crippen LogP contribution < -0.4 is 0 Å². The zero-order valence-electron chi connectivity index (χ0n) is 16.3. The largest absolute Gasteiger partial charge is 0.0876 e. The van der Waals surface area contributed by atoms with Gasteiger partial charge in [-0.25, -0.2) is 0 Å². The summed E-state index contributed by atoms with van der Waals surface area (Å²) >= 11 is 7.51. The summed E-state index contributed by atoms with van der Waals surface area (Å²) in [4.78, 5) is 0. The molecule has 29 heavy (non-hydrogen) atoms. The Morgan fingerprint density at radius 3 is 2.07 bits per heavy atom. The third kappa shape index (κ3) is 1.78. The molecule has 6 aliphatic carbocycles. The summed E-state index contributed by atoms with van der Waals surface area (Å²) in [5.74, 6) is 7.99. The minimum absolute atomic E-state index is 0.264. The Bertz CT molecular complexity index is 1080. The maximum absolute atomic E-state index is 3.80. The van der Waals surface area contributed by atoms with E-state index in [1.54, 1.807) is 11.1 Å². The van der Waals surface area contributed by atoms with Crippen molar-refractivity contribution in [1.29, 1.82) is 0 Å². The summed E-state index contributed by atoms with van der Waals surface area (Å²) in [5, 5.41) is 0.952. The van der Waals surface area contributed by atoms with Crippen LogP contribution >= 0.6 is 31.9 Å². The molecular formula is C27H24Br2. The predicted octanol–water partition coefficient (Wildman–Crippen LogP) is 7.33. The van der Waals surface area contributed by atoms with Crippen LogP contribution in [0.3, 0.4) is 0 Å². The van der Waals surface area contributed by atoms with Crippen molar-refractivity contribution in [1.82, 2.24) is 0 Å². The normalized spacial score (nSPS) is 46.0. The molecule has 0 N–H and O–H groups in total. The molecule has 2 aromatic rings. The van der Waals surface area contributed by atoms with Crippen LogP contribution in [0.15, 0.2) is 53.0 Å². The molecule has 2 aromatic carbocycles. The van der Waals surface area contributed by atoms with Crippen LogP contribution in [0, 0.1) is 47.3 Å². The van der Waals surface area contributed by atoms with Crippen molar-refractivity contribution in [3.8, 4) is 11.1 Å². The monoisotopic (exact) mass is 506 g/mol. The lowest BCUT2D eigenvalue weighted by Gasteiger charge is -2.67. The van der Waals surface area contributed by atoms with Crippen molar-refractivity contribution < 1.29 is 0 Å². The molecular weight excluding hydrogens is 484 g/mol. The van der Waals surface area contributed by atoms with Crippen LogP contribution in [-0.4, -0.2) is 0 Å². The Morgan fingerprint density at radius 2 is 1.41 bits per heavy atom. The van der Waals surface area contributed by atoms with Crippen LogP contribution in [0.5, 0.6) is 0 Å². The van der Waals surface area contributed by atoms with Gasteiger partial charge in [0, 0.05) is 15.2 Å². The van der Waals surface area contributed by atoms with E-state index in [2.05, 4.69) is 80.4 Å². The van der Waals surface area contributed by atoms with E-state index >= 15 is 0 Å². The van der Waals surface area contributed by atoms with Crippen LogP contribution in [0.2, 0.25) is 0 Å². The molecule has 8 atom stereocenters. The van der Waals surface area contributed by atoms with Gasteiger partial charge in [-0.05, 0) is 107 Å². The van der Waals surface area contributed by atoms with E-state index in [4.69, 9.17) is 0 Å². The van der Waals surface area contributed by atoms with Gasteiger partial charge in [-0.2, -0.15) is 0 Å². The number of hydrogen-bond donors (Lipinski definition) is 0. The van der Waals surface area contributed by atoms with Gasteiger partial charge < -0.3 is 0 Å². The third-order valence-corrected chi connectivity index (χ3v) is 11.3. The highest BCUT2D eigenvalue weighted by molar-refractivity contribution is 9.10. The van der Waals surface area contributed by atoms with Gasteiger partial charge >= 0.3 is 0 Å². The second-order valence-corrected chi connectivity index (χ2v) is 12.3. The number of benzene rings is 2. The molecule has 8 rings (SSSR count). The highest BCUT2D eigenvalue weighted by Gasteiger charge is 2.75. The number of alkyl halides is 1. The van der Waals surface area contributed by atoms with Gasteiger partial charge in [0.15, 0.2) is 0 Å². The summed E-state index contributed by atoms with van der Waals surface area (Å²) in [5.41, 5.74) is 7.96. The fraction of sp³-hybridized carbons (Fsp3) is 0.481. The van der Waals surface area contributed by atoms with Crippen molar-refractivity contribution in [2.75, 3.05) is 0 Å². The van der Waals surface area contributed by atoms with E-state index in [0.717, 1.165) is 52.7 Å². The van der Waals surface area contributed by atoms with E-state index < -0.39 is 0 Å². The first-order chi connectivity index (χ1) is 14.2. The molecule has 2 bridgehead atoms. The first-order valence-electron chi connectivity index (χ1n) is 11.4. The molecule has 4 fully saturated rings.